The molecule has 0 aromatic heterocycles. The zero-order valence-corrected chi connectivity index (χ0v) is 15.6. The van der Waals surface area contributed by atoms with Crippen molar-refractivity contribution < 1.29 is 6.15 Å². The van der Waals surface area contributed by atoms with Gasteiger partial charge in [-0.1, -0.05) is 0 Å². The Kier molecular flexibility index (Phi) is 10.0. The molecule has 104 valence electrons. The summed E-state index contributed by atoms with van der Waals surface area (Å²) in [5.74, 6) is 1.51. The van der Waals surface area contributed by atoms with Crippen molar-refractivity contribution in [1.82, 2.24) is 0 Å². The molecule has 0 bridgehead atoms. The van der Waals surface area contributed by atoms with E-state index in [4.69, 9.17) is 6.15 Å². The van der Waals surface area contributed by atoms with E-state index in [1.807, 2.05) is 0 Å². The minimum absolute atomic E-state index is 0.756. The molecule has 3 heteroatoms. The summed E-state index contributed by atoms with van der Waals surface area (Å²) < 4.78 is 14.8. The van der Waals surface area contributed by atoms with Crippen LogP contribution in [0.3, 0.4) is 0 Å². The van der Waals surface area contributed by atoms with E-state index in [0.717, 1.165) is 25.0 Å². The third-order valence-electron chi connectivity index (χ3n) is 3.02. The van der Waals surface area contributed by atoms with Crippen molar-refractivity contribution in [3.8, 4) is 0 Å². The molecule has 0 spiro atoms. The topological polar surface area (TPSA) is 18.5 Å². The van der Waals surface area contributed by atoms with Gasteiger partial charge < -0.3 is 0 Å². The Labute approximate surface area is 113 Å². The van der Waals surface area contributed by atoms with Gasteiger partial charge in [-0.15, -0.1) is 0 Å². The Morgan fingerprint density at radius 3 is 1.35 bits per heavy atom. The molecule has 0 aromatic rings. The van der Waals surface area contributed by atoms with E-state index < -0.39 is 19.2 Å². The van der Waals surface area contributed by atoms with E-state index in [9.17, 15) is 0 Å². The minimum atomic E-state index is -2.73. The predicted octanol–water partition coefficient (Wildman–Crippen LogP) is 4.59. The molecular formula is C14H32O2Sn. The van der Waals surface area contributed by atoms with Gasteiger partial charge in [-0.25, -0.2) is 0 Å². The van der Waals surface area contributed by atoms with Crippen molar-refractivity contribution in [1.29, 1.82) is 0 Å². The quantitative estimate of drug-likeness (QED) is 0.536. The number of rotatable bonds is 10. The molecule has 0 radical (unpaired) electrons. The molecule has 0 aliphatic heterocycles. The monoisotopic (exact) mass is 352 g/mol. The van der Waals surface area contributed by atoms with Gasteiger partial charge in [0.25, 0.3) is 0 Å². The van der Waals surface area contributed by atoms with Crippen LogP contribution >= 0.6 is 0 Å². The Bertz CT molecular complexity index is 161. The van der Waals surface area contributed by atoms with E-state index in [-0.39, 0.29) is 0 Å². The summed E-state index contributed by atoms with van der Waals surface area (Å²) in [5.41, 5.74) is 0. The fourth-order valence-electron chi connectivity index (χ4n) is 2.00. The van der Waals surface area contributed by atoms with Crippen LogP contribution in [0.25, 0.3) is 0 Å². The van der Waals surface area contributed by atoms with E-state index in [2.05, 4.69) is 41.5 Å². The summed E-state index contributed by atoms with van der Waals surface area (Å²) in [6.45, 7) is 15.0. The SMILES string of the molecule is CC[O][Sn]([CH2]CC(C)C)([CH2]CC(C)C)[O]CC. The van der Waals surface area contributed by atoms with E-state index >= 15 is 0 Å². The molecular weight excluding hydrogens is 319 g/mol. The maximum atomic E-state index is 6.16. The fraction of sp³-hybridized carbons (Fsp3) is 1.00. The molecule has 0 aliphatic rings. The van der Waals surface area contributed by atoms with Gasteiger partial charge in [0, 0.05) is 0 Å². The van der Waals surface area contributed by atoms with Crippen LogP contribution in [0.15, 0.2) is 0 Å². The molecule has 0 saturated heterocycles. The van der Waals surface area contributed by atoms with Crippen molar-refractivity contribution in [2.75, 3.05) is 13.2 Å². The first-order valence-corrected chi connectivity index (χ1v) is 13.6. The van der Waals surface area contributed by atoms with Gasteiger partial charge in [0.05, 0.1) is 0 Å². The van der Waals surface area contributed by atoms with Crippen LogP contribution in [0.1, 0.15) is 54.4 Å². The van der Waals surface area contributed by atoms with Crippen molar-refractivity contribution >= 4 is 19.2 Å². The summed E-state index contributed by atoms with van der Waals surface area (Å²) in [7, 11) is 0. The molecule has 0 N–H and O–H groups in total. The van der Waals surface area contributed by atoms with Gasteiger partial charge in [0.15, 0.2) is 0 Å². The van der Waals surface area contributed by atoms with E-state index in [1.165, 1.54) is 21.7 Å². The molecule has 0 atom stereocenters. The zero-order chi connectivity index (χ0) is 13.3. The molecule has 0 unspecified atom stereocenters. The van der Waals surface area contributed by atoms with Crippen molar-refractivity contribution in [2.24, 2.45) is 11.8 Å². The zero-order valence-electron chi connectivity index (χ0n) is 12.7. The average Bonchev–Trinajstić information content (AvgIpc) is 2.24. The fourth-order valence-corrected chi connectivity index (χ4v) is 13.4. The van der Waals surface area contributed by atoms with Gasteiger partial charge >= 0.3 is 114 Å². The molecule has 0 rings (SSSR count). The molecule has 17 heavy (non-hydrogen) atoms. The number of hydrogen-bond acceptors (Lipinski definition) is 2. The normalized spacial score (nSPS) is 12.7. The Hall–Kier alpha value is 0.719. The molecule has 0 aromatic carbocycles. The van der Waals surface area contributed by atoms with E-state index in [1.54, 1.807) is 0 Å². The van der Waals surface area contributed by atoms with Crippen LogP contribution in [0.4, 0.5) is 0 Å². The second-order valence-electron chi connectivity index (χ2n) is 5.64. The summed E-state index contributed by atoms with van der Waals surface area (Å²) in [5, 5.41) is 0. The van der Waals surface area contributed by atoms with Crippen LogP contribution < -0.4 is 0 Å². The summed E-state index contributed by atoms with van der Waals surface area (Å²) in [4.78, 5) is 0. The summed E-state index contributed by atoms with van der Waals surface area (Å²) in [6, 6.07) is 0. The second kappa shape index (κ2) is 9.62. The first-order chi connectivity index (χ1) is 7.95. The molecule has 0 heterocycles. The average molecular weight is 351 g/mol. The maximum absolute atomic E-state index is 6.16. The second-order valence-corrected chi connectivity index (χ2v) is 15.3. The molecule has 2 nitrogen and oxygen atoms in total. The summed E-state index contributed by atoms with van der Waals surface area (Å²) >= 11 is -2.73. The van der Waals surface area contributed by atoms with Crippen LogP contribution in [-0.4, -0.2) is 32.4 Å². The van der Waals surface area contributed by atoms with Gasteiger partial charge in [0.1, 0.15) is 0 Å². The Morgan fingerprint density at radius 2 is 1.12 bits per heavy atom. The predicted molar refractivity (Wildman–Crippen MR) is 77.5 cm³/mol. The van der Waals surface area contributed by atoms with Gasteiger partial charge in [-0.3, -0.25) is 0 Å². The van der Waals surface area contributed by atoms with Gasteiger partial charge in [0.2, 0.25) is 0 Å². The van der Waals surface area contributed by atoms with Crippen molar-refractivity contribution in [3.63, 3.8) is 0 Å². The first kappa shape index (κ1) is 17.7. The van der Waals surface area contributed by atoms with Crippen molar-refractivity contribution in [2.45, 2.75) is 63.3 Å². The third-order valence-corrected chi connectivity index (χ3v) is 13.7. The van der Waals surface area contributed by atoms with Gasteiger partial charge in [-0.2, -0.15) is 0 Å². The molecule has 0 amide bonds. The number of hydrogen-bond donors (Lipinski definition) is 0. The van der Waals surface area contributed by atoms with E-state index in [0.29, 0.717) is 0 Å². The van der Waals surface area contributed by atoms with Crippen LogP contribution in [-0.2, 0) is 6.15 Å². The van der Waals surface area contributed by atoms with Crippen LogP contribution in [0, 0.1) is 11.8 Å². The standard InChI is InChI=1S/2C5H11.2C2H5O.Sn/c2*1-4-5(2)3;2*1-2-3;/h2*5H,1,4H2,2-3H3;2*2H2,1H3;/q;;2*-1;+2. The van der Waals surface area contributed by atoms with Crippen molar-refractivity contribution in [3.05, 3.63) is 0 Å². The van der Waals surface area contributed by atoms with Gasteiger partial charge in [-0.05, 0) is 0 Å². The van der Waals surface area contributed by atoms with Crippen LogP contribution in [0.5, 0.6) is 0 Å². The Balaban J connectivity index is 4.47. The molecule has 0 saturated carbocycles. The first-order valence-electron chi connectivity index (χ1n) is 7.23. The molecule has 0 aliphatic carbocycles. The Morgan fingerprint density at radius 1 is 0.765 bits per heavy atom. The summed E-state index contributed by atoms with van der Waals surface area (Å²) in [6.07, 6.45) is 2.52. The third kappa shape index (κ3) is 8.44. The van der Waals surface area contributed by atoms with Crippen LogP contribution in [0.2, 0.25) is 8.87 Å². The molecule has 0 fully saturated rings.